The smallest absolute Gasteiger partial charge is 0.228 e. The average Bonchev–Trinajstić information content (AvgIpc) is 2.50. The van der Waals surface area contributed by atoms with Crippen molar-refractivity contribution in [1.82, 2.24) is 9.88 Å². The summed E-state index contributed by atoms with van der Waals surface area (Å²) in [5.74, 6) is 0.953. The lowest BCUT2D eigenvalue weighted by Crippen LogP contribution is -2.24. The van der Waals surface area contributed by atoms with Crippen molar-refractivity contribution in [3.05, 3.63) is 58.1 Å². The van der Waals surface area contributed by atoms with Crippen LogP contribution in [-0.2, 0) is 6.42 Å². The first kappa shape index (κ1) is 19.2. The standard InChI is InChI=1S/C17H23BrFN3O/c1-11(2)14(16(20)22(5)12(3)4)10-13-6-7-15(18)17(21-13)23-9-8-19/h6-7H,1,3,8-10,20H2,2,4-5H3/b16-14-. The first-order valence-corrected chi connectivity index (χ1v) is 7.95. The monoisotopic (exact) mass is 383 g/mol. The number of rotatable bonds is 8. The quantitative estimate of drug-likeness (QED) is 0.690. The van der Waals surface area contributed by atoms with E-state index in [2.05, 4.69) is 34.1 Å². The number of ether oxygens (including phenoxy) is 1. The number of aromatic nitrogens is 1. The highest BCUT2D eigenvalue weighted by molar-refractivity contribution is 9.10. The van der Waals surface area contributed by atoms with Crippen molar-refractivity contribution in [2.45, 2.75) is 20.3 Å². The minimum absolute atomic E-state index is 0.0290. The zero-order valence-electron chi connectivity index (χ0n) is 13.8. The SMILES string of the molecule is C=C(C)/C(Cc1ccc(Br)c(OCCF)n1)=C(/N)N(C)C(=C)C. The second-order valence-electron chi connectivity index (χ2n) is 5.24. The van der Waals surface area contributed by atoms with Gasteiger partial charge in [0.05, 0.1) is 4.47 Å². The van der Waals surface area contributed by atoms with Crippen molar-refractivity contribution in [3.63, 3.8) is 0 Å². The number of alkyl halides is 1. The Morgan fingerprint density at radius 2 is 2.04 bits per heavy atom. The maximum Gasteiger partial charge on any atom is 0.228 e. The van der Waals surface area contributed by atoms with Crippen LogP contribution < -0.4 is 10.5 Å². The first-order chi connectivity index (χ1) is 10.8. The summed E-state index contributed by atoms with van der Waals surface area (Å²) in [6.45, 7) is 11.1. The van der Waals surface area contributed by atoms with Crippen LogP contribution in [0.15, 0.2) is 52.4 Å². The van der Waals surface area contributed by atoms with Crippen LogP contribution in [0, 0.1) is 0 Å². The molecule has 1 heterocycles. The zero-order valence-corrected chi connectivity index (χ0v) is 15.4. The lowest BCUT2D eigenvalue weighted by Gasteiger charge is -2.23. The van der Waals surface area contributed by atoms with E-state index in [1.54, 1.807) is 0 Å². The fourth-order valence-corrected chi connectivity index (χ4v) is 2.18. The van der Waals surface area contributed by atoms with E-state index in [1.807, 2.05) is 37.9 Å². The molecule has 0 aliphatic rings. The zero-order chi connectivity index (χ0) is 17.6. The Morgan fingerprint density at radius 1 is 1.39 bits per heavy atom. The third-order valence-corrected chi connectivity index (χ3v) is 3.91. The molecule has 6 heteroatoms. The van der Waals surface area contributed by atoms with Crippen molar-refractivity contribution in [1.29, 1.82) is 0 Å². The van der Waals surface area contributed by atoms with E-state index in [-0.39, 0.29) is 6.61 Å². The molecule has 0 unspecified atom stereocenters. The number of allylic oxidation sites excluding steroid dienone is 3. The second-order valence-corrected chi connectivity index (χ2v) is 6.10. The van der Waals surface area contributed by atoms with Gasteiger partial charge in [-0.3, -0.25) is 0 Å². The van der Waals surface area contributed by atoms with Crippen molar-refractivity contribution in [3.8, 4) is 5.88 Å². The van der Waals surface area contributed by atoms with E-state index < -0.39 is 6.67 Å². The molecule has 0 aliphatic carbocycles. The summed E-state index contributed by atoms with van der Waals surface area (Å²) >= 11 is 3.34. The molecule has 0 saturated heterocycles. The molecule has 23 heavy (non-hydrogen) atoms. The Hall–Kier alpha value is -1.82. The van der Waals surface area contributed by atoms with Gasteiger partial charge in [-0.1, -0.05) is 18.7 Å². The number of hydrogen-bond acceptors (Lipinski definition) is 4. The number of halogens is 2. The lowest BCUT2D eigenvalue weighted by molar-refractivity contribution is 0.262. The minimum Gasteiger partial charge on any atom is -0.474 e. The van der Waals surface area contributed by atoms with Crippen LogP contribution >= 0.6 is 15.9 Å². The van der Waals surface area contributed by atoms with Crippen LogP contribution in [-0.4, -0.2) is 30.2 Å². The average molecular weight is 384 g/mol. The van der Waals surface area contributed by atoms with E-state index in [4.69, 9.17) is 10.5 Å². The normalized spacial score (nSPS) is 11.7. The molecule has 1 aromatic heterocycles. The predicted molar refractivity (Wildman–Crippen MR) is 95.7 cm³/mol. The van der Waals surface area contributed by atoms with Crippen LogP contribution in [0.2, 0.25) is 0 Å². The van der Waals surface area contributed by atoms with Crippen LogP contribution in [0.4, 0.5) is 4.39 Å². The third kappa shape index (κ3) is 5.39. The van der Waals surface area contributed by atoms with Gasteiger partial charge in [0, 0.05) is 30.4 Å². The summed E-state index contributed by atoms with van der Waals surface area (Å²) < 4.78 is 18.3. The van der Waals surface area contributed by atoms with Crippen LogP contribution in [0.5, 0.6) is 5.88 Å². The highest BCUT2D eigenvalue weighted by Gasteiger charge is 2.13. The van der Waals surface area contributed by atoms with Crippen LogP contribution in [0.1, 0.15) is 19.5 Å². The van der Waals surface area contributed by atoms with Gasteiger partial charge in [-0.05, 0) is 41.9 Å². The highest BCUT2D eigenvalue weighted by atomic mass is 79.9. The molecule has 0 saturated carbocycles. The predicted octanol–water partition coefficient (Wildman–Crippen LogP) is 3.95. The number of pyridine rings is 1. The van der Waals surface area contributed by atoms with Gasteiger partial charge in [0.2, 0.25) is 5.88 Å². The Balaban J connectivity index is 3.13. The summed E-state index contributed by atoms with van der Waals surface area (Å²) in [4.78, 5) is 6.22. The summed E-state index contributed by atoms with van der Waals surface area (Å²) in [7, 11) is 1.85. The molecule has 1 aromatic rings. The molecule has 0 amide bonds. The summed E-state index contributed by atoms with van der Waals surface area (Å²) in [5, 5.41) is 0. The third-order valence-electron chi connectivity index (χ3n) is 3.30. The topological polar surface area (TPSA) is 51.4 Å². The van der Waals surface area contributed by atoms with E-state index in [0.29, 0.717) is 22.6 Å². The molecule has 0 aliphatic heterocycles. The summed E-state index contributed by atoms with van der Waals surface area (Å²) in [5.41, 5.74) is 9.55. The van der Waals surface area contributed by atoms with Crippen molar-refractivity contribution in [2.75, 3.05) is 20.3 Å². The van der Waals surface area contributed by atoms with Gasteiger partial charge in [0.25, 0.3) is 0 Å². The summed E-state index contributed by atoms with van der Waals surface area (Å²) in [6, 6.07) is 3.69. The van der Waals surface area contributed by atoms with Crippen molar-refractivity contribution >= 4 is 15.9 Å². The molecule has 0 aromatic carbocycles. The molecule has 4 nitrogen and oxygen atoms in total. The molecule has 2 N–H and O–H groups in total. The van der Waals surface area contributed by atoms with Gasteiger partial charge in [-0.25, -0.2) is 9.37 Å². The van der Waals surface area contributed by atoms with Gasteiger partial charge in [-0.15, -0.1) is 0 Å². The maximum atomic E-state index is 12.3. The van der Waals surface area contributed by atoms with Gasteiger partial charge < -0.3 is 15.4 Å². The minimum atomic E-state index is -0.564. The van der Waals surface area contributed by atoms with E-state index in [9.17, 15) is 4.39 Å². The molecular weight excluding hydrogens is 361 g/mol. The highest BCUT2D eigenvalue weighted by Crippen LogP contribution is 2.25. The Kier molecular flexibility index (Phi) is 7.29. The number of nitrogens with zero attached hydrogens (tertiary/aromatic N) is 2. The van der Waals surface area contributed by atoms with E-state index >= 15 is 0 Å². The Morgan fingerprint density at radius 3 is 2.57 bits per heavy atom. The Bertz CT molecular complexity index is 628. The van der Waals surface area contributed by atoms with Crippen molar-refractivity contribution in [2.24, 2.45) is 5.73 Å². The van der Waals surface area contributed by atoms with Gasteiger partial charge >= 0.3 is 0 Å². The molecule has 126 valence electrons. The van der Waals surface area contributed by atoms with Gasteiger partial charge in [-0.2, -0.15) is 0 Å². The molecule has 0 atom stereocenters. The first-order valence-electron chi connectivity index (χ1n) is 7.15. The molecule has 1 rings (SSSR count). The van der Waals surface area contributed by atoms with E-state index in [1.165, 1.54) is 0 Å². The molecule has 0 fully saturated rings. The maximum absolute atomic E-state index is 12.3. The number of hydrogen-bond donors (Lipinski definition) is 1. The van der Waals surface area contributed by atoms with Crippen LogP contribution in [0.25, 0.3) is 0 Å². The molecule has 0 bridgehead atoms. The Labute approximate surface area is 145 Å². The molecule has 0 radical (unpaired) electrons. The fraction of sp³-hybridized carbons (Fsp3) is 0.353. The molecule has 0 spiro atoms. The molecular formula is C17H23BrFN3O. The van der Waals surface area contributed by atoms with E-state index in [0.717, 1.165) is 22.5 Å². The van der Waals surface area contributed by atoms with Crippen molar-refractivity contribution < 1.29 is 9.13 Å². The number of nitrogens with two attached hydrogens (primary N) is 1. The van der Waals surface area contributed by atoms with Gasteiger partial charge in [0.1, 0.15) is 19.1 Å². The van der Waals surface area contributed by atoms with Crippen LogP contribution in [0.3, 0.4) is 0 Å². The van der Waals surface area contributed by atoms with Gasteiger partial charge in [0.15, 0.2) is 0 Å². The second kappa shape index (κ2) is 8.72. The largest absolute Gasteiger partial charge is 0.474 e. The summed E-state index contributed by atoms with van der Waals surface area (Å²) in [6.07, 6.45) is 0.498. The lowest BCUT2D eigenvalue weighted by atomic mass is 10.0. The fourth-order valence-electron chi connectivity index (χ4n) is 1.85.